The Bertz CT molecular complexity index is 1540. The molecule has 3 saturated carbocycles. The maximum Gasteiger partial charge on any atom is 0.394 e. The number of carbonyl (C=O) groups excluding carboxylic acids is 2. The van der Waals surface area contributed by atoms with E-state index in [2.05, 4.69) is 15.5 Å². The number of alkyl halides is 3. The highest BCUT2D eigenvalue weighted by molar-refractivity contribution is 7.22. The Labute approximate surface area is 229 Å². The summed E-state index contributed by atoms with van der Waals surface area (Å²) in [5.74, 6) is -1.72. The molecule has 2 aliphatic heterocycles. The van der Waals surface area contributed by atoms with Gasteiger partial charge in [0.25, 0.3) is 11.8 Å². The molecule has 13 heteroatoms. The molecule has 2 aromatic carbocycles. The van der Waals surface area contributed by atoms with Gasteiger partial charge in [-0.3, -0.25) is 9.59 Å². The quantitative estimate of drug-likeness (QED) is 0.406. The largest absolute Gasteiger partial charge is 0.496 e. The Morgan fingerprint density at radius 1 is 1.12 bits per heavy atom. The number of amides is 2. The van der Waals surface area contributed by atoms with E-state index in [0.717, 1.165) is 23.7 Å². The zero-order valence-corrected chi connectivity index (χ0v) is 22.0. The fraction of sp³-hybridized carbons (Fsp3) is 0.444. The van der Waals surface area contributed by atoms with Crippen LogP contribution >= 0.6 is 11.3 Å². The number of nitrogens with zero attached hydrogens (tertiary/aromatic N) is 2. The minimum atomic E-state index is -4.31. The molecule has 2 saturated heterocycles. The van der Waals surface area contributed by atoms with Crippen LogP contribution < -0.4 is 20.3 Å². The monoisotopic (exact) mass is 576 g/mol. The van der Waals surface area contributed by atoms with E-state index < -0.39 is 34.8 Å². The molecule has 0 radical (unpaired) electrons. The Morgan fingerprint density at radius 2 is 1.85 bits per heavy atom. The molecule has 5 fully saturated rings. The van der Waals surface area contributed by atoms with Gasteiger partial charge in [-0.2, -0.15) is 13.2 Å². The number of methoxy groups -OCH3 is 1. The van der Waals surface area contributed by atoms with Crippen LogP contribution in [0.1, 0.15) is 46.4 Å². The third-order valence-electron chi connectivity index (χ3n) is 8.61. The van der Waals surface area contributed by atoms with Gasteiger partial charge >= 0.3 is 6.18 Å². The lowest BCUT2D eigenvalue weighted by molar-refractivity contribution is -0.336. The second-order valence-corrected chi connectivity index (χ2v) is 12.1. The highest BCUT2D eigenvalue weighted by atomic mass is 32.1. The summed E-state index contributed by atoms with van der Waals surface area (Å²) in [7, 11) is 1.43. The molecule has 3 aromatic rings. The van der Waals surface area contributed by atoms with Crippen molar-refractivity contribution in [1.29, 1.82) is 0 Å². The van der Waals surface area contributed by atoms with E-state index in [0.29, 0.717) is 23.4 Å². The van der Waals surface area contributed by atoms with E-state index in [4.69, 9.17) is 14.5 Å². The van der Waals surface area contributed by atoms with Crippen LogP contribution in [0.25, 0.3) is 10.2 Å². The molecule has 40 heavy (non-hydrogen) atoms. The SMILES string of the molecule is COc1ccc2nc(N3C4COCC3C4)sc2c1C(=O)Nc1cc(F)ccc1C(=O)NC12CC(C(F)(F)F)(C1)C2. The molecular formula is C27H24F4N4O4S. The molecule has 4 bridgehead atoms. The molecule has 2 amide bonds. The van der Waals surface area contributed by atoms with Gasteiger partial charge < -0.3 is 25.0 Å². The number of morpholine rings is 1. The van der Waals surface area contributed by atoms with Crippen LogP contribution in [0.15, 0.2) is 30.3 Å². The summed E-state index contributed by atoms with van der Waals surface area (Å²) >= 11 is 1.35. The molecule has 2 unspecified atom stereocenters. The number of fused-ring (bicyclic) bond motifs is 3. The van der Waals surface area contributed by atoms with Crippen LogP contribution in [0.3, 0.4) is 0 Å². The zero-order chi connectivity index (χ0) is 28.0. The maximum atomic E-state index is 14.3. The van der Waals surface area contributed by atoms with Crippen molar-refractivity contribution in [2.24, 2.45) is 5.41 Å². The van der Waals surface area contributed by atoms with Crippen molar-refractivity contribution in [3.05, 3.63) is 47.3 Å². The van der Waals surface area contributed by atoms with Gasteiger partial charge in [-0.15, -0.1) is 0 Å². The minimum Gasteiger partial charge on any atom is -0.496 e. The first-order valence-corrected chi connectivity index (χ1v) is 13.7. The molecule has 8 nitrogen and oxygen atoms in total. The lowest BCUT2D eigenvalue weighted by atomic mass is 9.39. The van der Waals surface area contributed by atoms with Gasteiger partial charge in [0.05, 0.1) is 59.3 Å². The number of ether oxygens (including phenoxy) is 2. The normalized spacial score (nSPS) is 28.3. The third-order valence-corrected chi connectivity index (χ3v) is 9.71. The van der Waals surface area contributed by atoms with Crippen molar-refractivity contribution in [2.45, 2.75) is 49.5 Å². The topological polar surface area (TPSA) is 92.8 Å². The first-order chi connectivity index (χ1) is 19.0. The van der Waals surface area contributed by atoms with Crippen molar-refractivity contribution >= 4 is 44.2 Å². The molecule has 210 valence electrons. The van der Waals surface area contributed by atoms with Gasteiger partial charge in [-0.25, -0.2) is 9.37 Å². The smallest absolute Gasteiger partial charge is 0.394 e. The number of nitrogens with one attached hydrogen (secondary N) is 2. The van der Waals surface area contributed by atoms with Crippen LogP contribution in [-0.2, 0) is 4.74 Å². The molecule has 3 aliphatic carbocycles. The number of hydrogen-bond acceptors (Lipinski definition) is 7. The minimum absolute atomic E-state index is 0.0509. The van der Waals surface area contributed by atoms with Gasteiger partial charge in [0.2, 0.25) is 0 Å². The molecule has 1 aromatic heterocycles. The van der Waals surface area contributed by atoms with Crippen molar-refractivity contribution < 1.29 is 36.6 Å². The number of halogens is 4. The van der Waals surface area contributed by atoms with Gasteiger partial charge in [0.15, 0.2) is 5.13 Å². The Balaban J connectivity index is 1.16. The van der Waals surface area contributed by atoms with E-state index >= 15 is 0 Å². The predicted molar refractivity (Wildman–Crippen MR) is 139 cm³/mol. The highest BCUT2D eigenvalue weighted by Crippen LogP contribution is 2.73. The van der Waals surface area contributed by atoms with E-state index in [1.54, 1.807) is 12.1 Å². The van der Waals surface area contributed by atoms with Gasteiger partial charge in [-0.1, -0.05) is 11.3 Å². The average molecular weight is 577 g/mol. The number of hydrogen-bond donors (Lipinski definition) is 2. The highest BCUT2D eigenvalue weighted by Gasteiger charge is 2.79. The van der Waals surface area contributed by atoms with Crippen molar-refractivity contribution in [1.82, 2.24) is 10.3 Å². The van der Waals surface area contributed by atoms with E-state index in [1.807, 2.05) is 0 Å². The van der Waals surface area contributed by atoms with Gasteiger partial charge in [0.1, 0.15) is 17.1 Å². The first-order valence-electron chi connectivity index (χ1n) is 12.9. The van der Waals surface area contributed by atoms with Crippen molar-refractivity contribution in [3.8, 4) is 5.75 Å². The summed E-state index contributed by atoms with van der Waals surface area (Å²) in [5.41, 5.74) is -2.03. The van der Waals surface area contributed by atoms with Gasteiger partial charge in [0, 0.05) is 5.54 Å². The van der Waals surface area contributed by atoms with Gasteiger partial charge in [-0.05, 0) is 56.0 Å². The number of rotatable bonds is 6. The summed E-state index contributed by atoms with van der Waals surface area (Å²) in [6.07, 6.45) is -3.84. The van der Waals surface area contributed by atoms with Crippen LogP contribution in [0.2, 0.25) is 0 Å². The summed E-state index contributed by atoms with van der Waals surface area (Å²) in [4.78, 5) is 33.7. The fourth-order valence-corrected chi connectivity index (χ4v) is 7.88. The fourth-order valence-electron chi connectivity index (χ4n) is 6.64. The van der Waals surface area contributed by atoms with E-state index in [-0.39, 0.29) is 53.9 Å². The van der Waals surface area contributed by atoms with Crippen LogP contribution in [0, 0.1) is 11.2 Å². The Hall–Kier alpha value is -3.45. The maximum absolute atomic E-state index is 14.3. The molecule has 2 N–H and O–H groups in total. The van der Waals surface area contributed by atoms with Crippen LogP contribution in [0.5, 0.6) is 5.75 Å². The van der Waals surface area contributed by atoms with E-state index in [1.165, 1.54) is 24.5 Å². The van der Waals surface area contributed by atoms with Crippen molar-refractivity contribution in [3.63, 3.8) is 0 Å². The van der Waals surface area contributed by atoms with E-state index in [9.17, 15) is 27.2 Å². The average Bonchev–Trinajstić information content (AvgIpc) is 3.27. The number of benzene rings is 2. The summed E-state index contributed by atoms with van der Waals surface area (Å²) in [6, 6.07) is 7.14. The molecular weight excluding hydrogens is 552 g/mol. The Kier molecular flexibility index (Phi) is 5.44. The zero-order valence-electron chi connectivity index (χ0n) is 21.2. The number of anilines is 2. The summed E-state index contributed by atoms with van der Waals surface area (Å²) in [6.45, 7) is 1.23. The molecule has 8 rings (SSSR count). The standard InChI is InChI=1S/C27H24F4N4O4S/c1-38-19-5-4-17-21(40-24(33-17)35-14-7-15(35)9-39-8-14)20(19)23(37)32-18-6-13(28)2-3-16(18)22(36)34-26-10-25(11-26,12-26)27(29,30)31/h2-6,14-15H,7-12H2,1H3,(H,32,37)(H,34,36). The molecule has 3 heterocycles. The third kappa shape index (κ3) is 3.70. The summed E-state index contributed by atoms with van der Waals surface area (Å²) in [5, 5.41) is 6.08. The number of aromatic nitrogens is 1. The second-order valence-electron chi connectivity index (χ2n) is 11.2. The lowest BCUT2D eigenvalue weighted by Gasteiger charge is -2.70. The Morgan fingerprint density at radius 3 is 2.50 bits per heavy atom. The first kappa shape index (κ1) is 25.5. The molecule has 5 aliphatic rings. The number of carbonyl (C=O) groups is 2. The molecule has 0 spiro atoms. The number of thiazole rings is 1. The predicted octanol–water partition coefficient (Wildman–Crippen LogP) is 4.89. The summed E-state index contributed by atoms with van der Waals surface area (Å²) < 4.78 is 65.6. The van der Waals surface area contributed by atoms with Crippen molar-refractivity contribution in [2.75, 3.05) is 30.5 Å². The van der Waals surface area contributed by atoms with Crippen LogP contribution in [0.4, 0.5) is 28.4 Å². The van der Waals surface area contributed by atoms with Crippen LogP contribution in [-0.4, -0.2) is 60.9 Å². The second kappa shape index (κ2) is 8.53. The lowest BCUT2D eigenvalue weighted by Crippen LogP contribution is -2.78. The molecule has 2 atom stereocenters.